The van der Waals surface area contributed by atoms with Crippen molar-refractivity contribution in [2.24, 2.45) is 10.2 Å². The predicted octanol–water partition coefficient (Wildman–Crippen LogP) is 5.37. The van der Waals surface area contributed by atoms with Gasteiger partial charge in [-0.05, 0) is 82.9 Å². The number of aromatic hydroxyl groups is 2. The van der Waals surface area contributed by atoms with Gasteiger partial charge in [-0.25, -0.2) is 0 Å². The van der Waals surface area contributed by atoms with Crippen LogP contribution in [0, 0.1) is 45.3 Å². The number of phenolic OH excluding ortho intramolecular Hbond substituents is 2. The van der Waals surface area contributed by atoms with Crippen LogP contribution in [0.2, 0.25) is 0 Å². The van der Waals surface area contributed by atoms with Crippen LogP contribution in [-0.4, -0.2) is 22.6 Å². The molecule has 0 bridgehead atoms. The second-order valence-corrected chi connectivity index (χ2v) is 8.08. The Bertz CT molecular complexity index is 1600. The van der Waals surface area contributed by atoms with Gasteiger partial charge in [0, 0.05) is 11.1 Å². The van der Waals surface area contributed by atoms with E-state index >= 15 is 0 Å². The summed E-state index contributed by atoms with van der Waals surface area (Å²) in [5, 5.41) is 65.4. The first-order valence-electron chi connectivity index (χ1n) is 11.1. The van der Waals surface area contributed by atoms with Gasteiger partial charge in [0.15, 0.2) is 0 Å². The molecule has 0 fully saturated rings. The predicted molar refractivity (Wildman–Crippen MR) is 141 cm³/mol. The van der Waals surface area contributed by atoms with Crippen molar-refractivity contribution in [3.05, 3.63) is 106 Å². The van der Waals surface area contributed by atoms with Crippen LogP contribution in [0.3, 0.4) is 0 Å². The lowest BCUT2D eigenvalue weighted by atomic mass is 9.99. The number of phenols is 2. The minimum atomic E-state index is -0.0415. The number of hydrogen-bond acceptors (Lipinski definition) is 8. The van der Waals surface area contributed by atoms with Gasteiger partial charge in [0.05, 0.1) is 59.0 Å². The molecule has 0 aliphatic heterocycles. The molecule has 8 heteroatoms. The number of nitriles is 4. The van der Waals surface area contributed by atoms with Crippen molar-refractivity contribution in [1.29, 1.82) is 21.0 Å². The molecule has 38 heavy (non-hydrogen) atoms. The summed E-state index contributed by atoms with van der Waals surface area (Å²) in [5.41, 5.74) is 4.71. The van der Waals surface area contributed by atoms with Crippen molar-refractivity contribution >= 4 is 12.4 Å². The Kier molecular flexibility index (Phi) is 7.22. The van der Waals surface area contributed by atoms with Crippen LogP contribution >= 0.6 is 0 Å². The van der Waals surface area contributed by atoms with E-state index in [0.717, 1.165) is 0 Å². The van der Waals surface area contributed by atoms with E-state index in [4.69, 9.17) is 0 Å². The average molecular weight is 492 g/mol. The van der Waals surface area contributed by atoms with Gasteiger partial charge in [0.1, 0.15) is 11.5 Å². The molecule has 4 aromatic carbocycles. The van der Waals surface area contributed by atoms with Crippen molar-refractivity contribution in [2.75, 3.05) is 0 Å². The minimum Gasteiger partial charge on any atom is -0.507 e. The average Bonchev–Trinajstić information content (AvgIpc) is 2.96. The van der Waals surface area contributed by atoms with Crippen molar-refractivity contribution in [2.45, 2.75) is 0 Å². The summed E-state index contributed by atoms with van der Waals surface area (Å²) in [6.45, 7) is 0. The normalized spacial score (nSPS) is 10.5. The number of nitrogens with zero attached hydrogens (tertiary/aromatic N) is 6. The van der Waals surface area contributed by atoms with Crippen LogP contribution in [0.5, 0.6) is 11.5 Å². The Morgan fingerprint density at radius 3 is 1.13 bits per heavy atom. The summed E-state index contributed by atoms with van der Waals surface area (Å²) in [7, 11) is 0. The Morgan fingerprint density at radius 1 is 0.474 bits per heavy atom. The third kappa shape index (κ3) is 5.53. The third-order valence-corrected chi connectivity index (χ3v) is 5.56. The van der Waals surface area contributed by atoms with Gasteiger partial charge in [-0.15, -0.1) is 0 Å². The molecule has 2 N–H and O–H groups in total. The van der Waals surface area contributed by atoms with Crippen molar-refractivity contribution in [3.63, 3.8) is 0 Å². The molecule has 0 saturated heterocycles. The van der Waals surface area contributed by atoms with Gasteiger partial charge in [-0.3, -0.25) is 0 Å². The molecule has 4 aromatic rings. The summed E-state index contributed by atoms with van der Waals surface area (Å²) in [4.78, 5) is 0. The minimum absolute atomic E-state index is 0.0415. The second kappa shape index (κ2) is 11.0. The second-order valence-electron chi connectivity index (χ2n) is 8.08. The lowest BCUT2D eigenvalue weighted by molar-refractivity contribution is 0.474. The molecule has 0 atom stereocenters. The van der Waals surface area contributed by atoms with E-state index < -0.39 is 0 Å². The summed E-state index contributed by atoms with van der Waals surface area (Å²) in [6.07, 6.45) is 2.68. The van der Waals surface area contributed by atoms with Gasteiger partial charge in [-0.1, -0.05) is 12.1 Å². The maximum absolute atomic E-state index is 10.3. The van der Waals surface area contributed by atoms with E-state index in [0.29, 0.717) is 55.6 Å². The van der Waals surface area contributed by atoms with Crippen LogP contribution in [-0.2, 0) is 0 Å². The highest BCUT2D eigenvalue weighted by molar-refractivity contribution is 5.89. The molecule has 178 valence electrons. The fraction of sp³-hybridized carbons (Fsp3) is 0. The summed E-state index contributed by atoms with van der Waals surface area (Å²) in [5.74, 6) is -0.0830. The van der Waals surface area contributed by atoms with E-state index in [1.807, 2.05) is 24.3 Å². The van der Waals surface area contributed by atoms with Crippen LogP contribution < -0.4 is 0 Å². The van der Waals surface area contributed by atoms with Crippen molar-refractivity contribution in [1.82, 2.24) is 0 Å². The molecule has 0 aliphatic rings. The molecule has 0 aromatic heterocycles. The zero-order valence-corrected chi connectivity index (χ0v) is 19.7. The summed E-state index contributed by atoms with van der Waals surface area (Å²) >= 11 is 0. The lowest BCUT2D eigenvalue weighted by Gasteiger charge is -2.06. The molecular formula is C30H16N6O2. The molecular weight excluding hydrogens is 476 g/mol. The van der Waals surface area contributed by atoms with Gasteiger partial charge >= 0.3 is 0 Å². The highest BCUT2D eigenvalue weighted by atomic mass is 16.3. The lowest BCUT2D eigenvalue weighted by Crippen LogP contribution is -1.89. The zero-order valence-electron chi connectivity index (χ0n) is 19.7. The van der Waals surface area contributed by atoms with Crippen LogP contribution in [0.25, 0.3) is 22.3 Å². The molecule has 8 nitrogen and oxygen atoms in total. The Hall–Kier alpha value is -6.22. The highest BCUT2D eigenvalue weighted by Gasteiger charge is 2.08. The molecule has 4 rings (SSSR count). The van der Waals surface area contributed by atoms with Crippen molar-refractivity contribution < 1.29 is 10.2 Å². The van der Waals surface area contributed by atoms with Gasteiger partial charge < -0.3 is 10.2 Å². The molecule has 0 unspecified atom stereocenters. The molecule has 0 radical (unpaired) electrons. The first kappa shape index (κ1) is 24.9. The molecule has 0 amide bonds. The quantitative estimate of drug-likeness (QED) is 0.281. The molecule has 0 heterocycles. The third-order valence-electron chi connectivity index (χ3n) is 5.56. The SMILES string of the molecule is N#Cc1cc(C#N)cc(-c2ccc(O)c(/C=N/N=C/c3cc(-c4cc(C#N)cc(C#N)c4)ccc3O)c2)c1. The fourth-order valence-electron chi connectivity index (χ4n) is 3.71. The Labute approximate surface area is 218 Å². The number of benzene rings is 4. The van der Waals surface area contributed by atoms with Crippen LogP contribution in [0.4, 0.5) is 0 Å². The fourth-order valence-corrected chi connectivity index (χ4v) is 3.71. The first-order chi connectivity index (χ1) is 18.4. The summed E-state index contributed by atoms with van der Waals surface area (Å²) < 4.78 is 0. The van der Waals surface area contributed by atoms with Gasteiger partial charge in [0.2, 0.25) is 0 Å². The first-order valence-corrected chi connectivity index (χ1v) is 11.1. The molecule has 0 saturated carbocycles. The van der Waals surface area contributed by atoms with Gasteiger partial charge in [-0.2, -0.15) is 31.3 Å². The molecule has 0 aliphatic carbocycles. The van der Waals surface area contributed by atoms with E-state index in [9.17, 15) is 31.3 Å². The maximum Gasteiger partial charge on any atom is 0.124 e. The van der Waals surface area contributed by atoms with Crippen molar-refractivity contribution in [3.8, 4) is 58.0 Å². The van der Waals surface area contributed by atoms with Crippen LogP contribution in [0.15, 0.2) is 83.0 Å². The standard InChI is InChI=1S/C30H16N6O2/c31-13-19-5-20(14-32)8-25(7-19)23-1-3-29(37)27(11-23)17-35-36-18-28-12-24(2-4-30(28)38)26-9-21(15-33)6-22(10-26)16-34/h1-12,17-18,37-38H/b35-17+,36-18+. The molecule has 0 spiro atoms. The van der Waals surface area contributed by atoms with E-state index in [2.05, 4.69) is 10.2 Å². The largest absolute Gasteiger partial charge is 0.507 e. The monoisotopic (exact) mass is 492 g/mol. The summed E-state index contributed by atoms with van der Waals surface area (Å²) in [6, 6.07) is 27.3. The zero-order chi connectivity index (χ0) is 27.1. The highest BCUT2D eigenvalue weighted by Crippen LogP contribution is 2.28. The smallest absolute Gasteiger partial charge is 0.124 e. The van der Waals surface area contributed by atoms with Crippen LogP contribution in [0.1, 0.15) is 33.4 Å². The van der Waals surface area contributed by atoms with E-state index in [1.165, 1.54) is 36.7 Å². The van der Waals surface area contributed by atoms with Gasteiger partial charge in [0.25, 0.3) is 0 Å². The Balaban J connectivity index is 1.61. The van der Waals surface area contributed by atoms with E-state index in [-0.39, 0.29) is 11.5 Å². The number of rotatable bonds is 5. The topological polar surface area (TPSA) is 160 Å². The number of hydrogen-bond donors (Lipinski definition) is 2. The maximum atomic E-state index is 10.3. The van der Waals surface area contributed by atoms with E-state index in [1.54, 1.807) is 48.5 Å². The Morgan fingerprint density at radius 2 is 0.816 bits per heavy atom.